The van der Waals surface area contributed by atoms with Crippen LogP contribution in [-0.2, 0) is 4.79 Å². The molecule has 1 aliphatic heterocycles. The Labute approximate surface area is 132 Å². The number of nitrogens with zero attached hydrogens (tertiary/aromatic N) is 3. The summed E-state index contributed by atoms with van der Waals surface area (Å²) in [6.45, 7) is 1.96. The van der Waals surface area contributed by atoms with Crippen molar-refractivity contribution in [2.24, 2.45) is 11.0 Å². The van der Waals surface area contributed by atoms with Crippen molar-refractivity contribution in [1.29, 1.82) is 0 Å². The second kappa shape index (κ2) is 6.35. The highest BCUT2D eigenvalue weighted by molar-refractivity contribution is 6.06. The van der Waals surface area contributed by atoms with E-state index in [1.165, 1.54) is 18.6 Å². The zero-order valence-corrected chi connectivity index (χ0v) is 12.5. The fourth-order valence-electron chi connectivity index (χ4n) is 2.34. The van der Waals surface area contributed by atoms with E-state index in [2.05, 4.69) is 25.8 Å². The first kappa shape index (κ1) is 14.8. The molecule has 1 aromatic carbocycles. The predicted molar refractivity (Wildman–Crippen MR) is 84.9 cm³/mol. The highest BCUT2D eigenvalue weighted by Gasteiger charge is 2.21. The molecule has 2 aromatic rings. The van der Waals surface area contributed by atoms with Gasteiger partial charge in [-0.05, 0) is 17.7 Å². The van der Waals surface area contributed by atoms with Gasteiger partial charge in [-0.3, -0.25) is 14.6 Å². The first-order chi connectivity index (χ1) is 11.1. The lowest BCUT2D eigenvalue weighted by atomic mass is 9.94. The van der Waals surface area contributed by atoms with Crippen LogP contribution in [0.1, 0.15) is 29.4 Å². The van der Waals surface area contributed by atoms with Crippen molar-refractivity contribution in [3.8, 4) is 0 Å². The molecule has 2 N–H and O–H groups in total. The van der Waals surface area contributed by atoms with Gasteiger partial charge in [0, 0.05) is 30.4 Å². The van der Waals surface area contributed by atoms with Crippen LogP contribution in [0.4, 0.5) is 5.69 Å². The van der Waals surface area contributed by atoms with Crippen LogP contribution in [0.25, 0.3) is 0 Å². The largest absolute Gasteiger partial charge is 0.321 e. The zero-order valence-electron chi connectivity index (χ0n) is 12.5. The van der Waals surface area contributed by atoms with Gasteiger partial charge < -0.3 is 5.32 Å². The average molecular weight is 309 g/mol. The molecule has 116 valence electrons. The van der Waals surface area contributed by atoms with Crippen molar-refractivity contribution in [1.82, 2.24) is 15.4 Å². The maximum Gasteiger partial charge on any atom is 0.275 e. The van der Waals surface area contributed by atoms with Gasteiger partial charge >= 0.3 is 0 Å². The van der Waals surface area contributed by atoms with Crippen LogP contribution in [-0.4, -0.2) is 27.5 Å². The highest BCUT2D eigenvalue weighted by atomic mass is 16.2. The molecule has 0 saturated carbocycles. The van der Waals surface area contributed by atoms with Gasteiger partial charge in [-0.2, -0.15) is 5.10 Å². The average Bonchev–Trinajstić information content (AvgIpc) is 2.57. The summed E-state index contributed by atoms with van der Waals surface area (Å²) < 4.78 is 0. The molecule has 7 nitrogen and oxygen atoms in total. The molecule has 23 heavy (non-hydrogen) atoms. The van der Waals surface area contributed by atoms with E-state index in [1.807, 2.05) is 19.1 Å². The van der Waals surface area contributed by atoms with Gasteiger partial charge in [-0.15, -0.1) is 0 Å². The number of nitrogens with one attached hydrogen (secondary N) is 2. The molecule has 3 rings (SSSR count). The number of hydrogen-bond acceptors (Lipinski definition) is 5. The molecular formula is C16H15N5O2. The second-order valence-corrected chi connectivity index (χ2v) is 5.26. The van der Waals surface area contributed by atoms with Crippen LogP contribution in [0.15, 0.2) is 48.0 Å². The topological polar surface area (TPSA) is 96.3 Å². The third-order valence-corrected chi connectivity index (χ3v) is 3.49. The minimum absolute atomic E-state index is 0.0591. The molecule has 2 amide bonds. The molecular weight excluding hydrogens is 294 g/mol. The molecule has 1 unspecified atom stereocenters. The lowest BCUT2D eigenvalue weighted by Crippen LogP contribution is -2.31. The fourth-order valence-corrected chi connectivity index (χ4v) is 2.34. The van der Waals surface area contributed by atoms with E-state index in [-0.39, 0.29) is 23.4 Å². The minimum atomic E-state index is -0.318. The summed E-state index contributed by atoms with van der Waals surface area (Å²) in [5.74, 6) is -0.334. The number of anilines is 1. The van der Waals surface area contributed by atoms with Gasteiger partial charge in [0.1, 0.15) is 5.69 Å². The van der Waals surface area contributed by atoms with Crippen LogP contribution in [0.5, 0.6) is 0 Å². The number of hydrogen-bond donors (Lipinski definition) is 2. The molecule has 1 atom stereocenters. The van der Waals surface area contributed by atoms with Crippen LogP contribution < -0.4 is 10.7 Å². The Morgan fingerprint density at radius 3 is 2.70 bits per heavy atom. The summed E-state index contributed by atoms with van der Waals surface area (Å²) in [5, 5.41) is 6.87. The van der Waals surface area contributed by atoms with E-state index in [4.69, 9.17) is 0 Å². The predicted octanol–water partition coefficient (Wildman–Crippen LogP) is 1.59. The van der Waals surface area contributed by atoms with E-state index in [0.29, 0.717) is 12.1 Å². The number of aromatic nitrogens is 2. The summed E-state index contributed by atoms with van der Waals surface area (Å²) in [4.78, 5) is 31.1. The molecule has 0 saturated heterocycles. The summed E-state index contributed by atoms with van der Waals surface area (Å²) in [7, 11) is 0. The molecule has 1 aromatic heterocycles. The fraction of sp³-hybridized carbons (Fsp3) is 0.188. The van der Waals surface area contributed by atoms with Crippen molar-refractivity contribution < 1.29 is 9.59 Å². The Balaban J connectivity index is 1.73. The summed E-state index contributed by atoms with van der Waals surface area (Å²) in [6, 6.07) is 7.29. The van der Waals surface area contributed by atoms with Gasteiger partial charge in [-0.25, -0.2) is 10.4 Å². The first-order valence-electron chi connectivity index (χ1n) is 7.17. The lowest BCUT2D eigenvalue weighted by molar-refractivity contribution is -0.121. The monoisotopic (exact) mass is 309 g/mol. The number of rotatable bonds is 3. The van der Waals surface area contributed by atoms with Crippen molar-refractivity contribution in [2.45, 2.75) is 13.3 Å². The molecule has 7 heteroatoms. The number of carbonyl (C=O) groups is 2. The molecule has 1 aliphatic rings. The standard InChI is InChI=1S/C16H15N5O2/c1-10-8-14(22)20-21-15(10)11-2-4-12(5-3-11)19-16(23)13-9-17-6-7-18-13/h2-7,9-10H,8H2,1H3,(H,19,23)(H,20,22). The van der Waals surface area contributed by atoms with Crippen molar-refractivity contribution >= 4 is 23.2 Å². The Morgan fingerprint density at radius 2 is 2.04 bits per heavy atom. The normalized spacial score (nSPS) is 17.2. The number of carbonyl (C=O) groups excluding carboxylic acids is 2. The van der Waals surface area contributed by atoms with Crippen molar-refractivity contribution in [2.75, 3.05) is 5.32 Å². The Hall–Kier alpha value is -3.09. The number of benzene rings is 1. The van der Waals surface area contributed by atoms with E-state index < -0.39 is 0 Å². The maximum absolute atomic E-state index is 12.0. The lowest BCUT2D eigenvalue weighted by Gasteiger charge is -2.19. The summed E-state index contributed by atoms with van der Waals surface area (Å²) in [6.07, 6.45) is 4.81. The van der Waals surface area contributed by atoms with E-state index in [9.17, 15) is 9.59 Å². The molecule has 0 aliphatic carbocycles. The van der Waals surface area contributed by atoms with Crippen LogP contribution in [0, 0.1) is 5.92 Å². The second-order valence-electron chi connectivity index (χ2n) is 5.26. The Kier molecular flexibility index (Phi) is 4.09. The van der Waals surface area contributed by atoms with Gasteiger partial charge in [0.15, 0.2) is 0 Å². The third-order valence-electron chi connectivity index (χ3n) is 3.49. The van der Waals surface area contributed by atoms with Crippen molar-refractivity contribution in [3.05, 3.63) is 54.1 Å². The molecule has 0 bridgehead atoms. The van der Waals surface area contributed by atoms with Crippen LogP contribution in [0.3, 0.4) is 0 Å². The quantitative estimate of drug-likeness (QED) is 0.899. The first-order valence-corrected chi connectivity index (χ1v) is 7.17. The molecule has 0 spiro atoms. The van der Waals surface area contributed by atoms with Crippen molar-refractivity contribution in [3.63, 3.8) is 0 Å². The summed E-state index contributed by atoms with van der Waals surface area (Å²) >= 11 is 0. The highest BCUT2D eigenvalue weighted by Crippen LogP contribution is 2.18. The van der Waals surface area contributed by atoms with E-state index in [1.54, 1.807) is 12.1 Å². The summed E-state index contributed by atoms with van der Waals surface area (Å²) in [5.41, 5.74) is 5.14. The van der Waals surface area contributed by atoms with E-state index in [0.717, 1.165) is 11.3 Å². The number of amides is 2. The molecule has 0 fully saturated rings. The van der Waals surface area contributed by atoms with Crippen LogP contribution >= 0.6 is 0 Å². The SMILES string of the molecule is CC1CC(=O)NN=C1c1ccc(NC(=O)c2cnccn2)cc1. The molecule has 0 radical (unpaired) electrons. The zero-order chi connectivity index (χ0) is 16.2. The Morgan fingerprint density at radius 1 is 1.26 bits per heavy atom. The molecule has 2 heterocycles. The minimum Gasteiger partial charge on any atom is -0.321 e. The van der Waals surface area contributed by atoms with Crippen LogP contribution in [0.2, 0.25) is 0 Å². The van der Waals surface area contributed by atoms with E-state index >= 15 is 0 Å². The van der Waals surface area contributed by atoms with Gasteiger partial charge in [0.25, 0.3) is 5.91 Å². The maximum atomic E-state index is 12.0. The third kappa shape index (κ3) is 3.39. The van der Waals surface area contributed by atoms with Gasteiger partial charge in [-0.1, -0.05) is 19.1 Å². The van der Waals surface area contributed by atoms with Gasteiger partial charge in [0.2, 0.25) is 5.91 Å². The Bertz CT molecular complexity index is 756. The van der Waals surface area contributed by atoms with Gasteiger partial charge in [0.05, 0.1) is 11.9 Å². The smallest absolute Gasteiger partial charge is 0.275 e. The number of hydrazone groups is 1.